The highest BCUT2D eigenvalue weighted by Gasteiger charge is 2.19. The second-order valence-electron chi connectivity index (χ2n) is 6.74. The van der Waals surface area contributed by atoms with Crippen molar-refractivity contribution in [2.24, 2.45) is 5.73 Å². The Labute approximate surface area is 153 Å². The summed E-state index contributed by atoms with van der Waals surface area (Å²) in [5, 5.41) is 13.0. The number of methoxy groups -OCH3 is 1. The SMILES string of the molecule is COc1cc2nc(NC3CCC(O)CC3)cnc2cc1OCCCCN. The van der Waals surface area contributed by atoms with E-state index in [4.69, 9.17) is 15.2 Å². The van der Waals surface area contributed by atoms with Gasteiger partial charge in [0.2, 0.25) is 0 Å². The molecule has 1 heterocycles. The van der Waals surface area contributed by atoms with Crippen LogP contribution in [0.4, 0.5) is 5.82 Å². The Bertz CT molecular complexity index is 717. The van der Waals surface area contributed by atoms with E-state index in [1.165, 1.54) is 0 Å². The van der Waals surface area contributed by atoms with Gasteiger partial charge in [-0.2, -0.15) is 0 Å². The summed E-state index contributed by atoms with van der Waals surface area (Å²) in [5.74, 6) is 2.07. The Morgan fingerprint density at radius 1 is 1.15 bits per heavy atom. The number of nitrogens with two attached hydrogens (primary N) is 1. The van der Waals surface area contributed by atoms with Crippen LogP contribution >= 0.6 is 0 Å². The van der Waals surface area contributed by atoms with Gasteiger partial charge in [0.15, 0.2) is 11.5 Å². The number of fused-ring (bicyclic) bond motifs is 1. The van der Waals surface area contributed by atoms with Gasteiger partial charge < -0.3 is 25.6 Å². The number of hydrogen-bond acceptors (Lipinski definition) is 7. The van der Waals surface area contributed by atoms with Crippen LogP contribution in [0.15, 0.2) is 18.3 Å². The maximum atomic E-state index is 9.62. The van der Waals surface area contributed by atoms with Crippen molar-refractivity contribution >= 4 is 16.9 Å². The highest BCUT2D eigenvalue weighted by Crippen LogP contribution is 2.32. The van der Waals surface area contributed by atoms with Crippen molar-refractivity contribution in [3.8, 4) is 11.5 Å². The number of benzene rings is 1. The molecule has 1 aliphatic carbocycles. The number of nitrogens with zero attached hydrogens (tertiary/aromatic N) is 2. The summed E-state index contributed by atoms with van der Waals surface area (Å²) in [6.07, 6.45) is 6.97. The van der Waals surface area contributed by atoms with Gasteiger partial charge in [0.25, 0.3) is 0 Å². The van der Waals surface area contributed by atoms with E-state index in [0.29, 0.717) is 30.7 Å². The Morgan fingerprint density at radius 2 is 1.92 bits per heavy atom. The molecule has 0 radical (unpaired) electrons. The normalized spacial score (nSPS) is 20.1. The molecule has 142 valence electrons. The van der Waals surface area contributed by atoms with Crippen molar-refractivity contribution in [2.45, 2.75) is 50.7 Å². The van der Waals surface area contributed by atoms with Crippen molar-refractivity contribution in [3.05, 3.63) is 18.3 Å². The zero-order chi connectivity index (χ0) is 18.4. The lowest BCUT2D eigenvalue weighted by Gasteiger charge is -2.26. The van der Waals surface area contributed by atoms with Crippen LogP contribution in [0.1, 0.15) is 38.5 Å². The lowest BCUT2D eigenvalue weighted by atomic mass is 9.93. The third kappa shape index (κ3) is 4.74. The van der Waals surface area contributed by atoms with Crippen LogP contribution in [-0.4, -0.2) is 47.5 Å². The van der Waals surface area contributed by atoms with Crippen LogP contribution in [0.2, 0.25) is 0 Å². The molecule has 3 rings (SSSR count). The third-order valence-corrected chi connectivity index (χ3v) is 4.73. The van der Waals surface area contributed by atoms with E-state index in [2.05, 4.69) is 15.3 Å². The Kier molecular flexibility index (Phi) is 6.46. The van der Waals surface area contributed by atoms with E-state index in [1.807, 2.05) is 12.1 Å². The quantitative estimate of drug-likeness (QED) is 0.621. The second-order valence-corrected chi connectivity index (χ2v) is 6.74. The minimum Gasteiger partial charge on any atom is -0.493 e. The van der Waals surface area contributed by atoms with Crippen LogP contribution in [0.3, 0.4) is 0 Å². The molecule has 4 N–H and O–H groups in total. The van der Waals surface area contributed by atoms with Gasteiger partial charge in [0.05, 0.1) is 37.1 Å². The standard InChI is InChI=1S/C19H28N4O3/c1-25-17-11-16-15(10-18(17)26-9-3-2-8-20)21-12-19(23-16)22-13-4-6-14(24)7-5-13/h10-14,24H,2-9,20H2,1H3,(H,22,23). The topological polar surface area (TPSA) is 103 Å². The fourth-order valence-electron chi connectivity index (χ4n) is 3.22. The fraction of sp³-hybridized carbons (Fsp3) is 0.579. The number of rotatable bonds is 8. The monoisotopic (exact) mass is 360 g/mol. The van der Waals surface area contributed by atoms with Crippen LogP contribution in [0.5, 0.6) is 11.5 Å². The summed E-state index contributed by atoms with van der Waals surface area (Å²) in [4.78, 5) is 9.17. The molecule has 0 unspecified atom stereocenters. The molecule has 0 amide bonds. The number of unbranched alkanes of at least 4 members (excludes halogenated alkanes) is 1. The van der Waals surface area contributed by atoms with E-state index in [-0.39, 0.29) is 6.10 Å². The van der Waals surface area contributed by atoms with Gasteiger partial charge in [-0.05, 0) is 45.1 Å². The van der Waals surface area contributed by atoms with E-state index < -0.39 is 0 Å². The minimum atomic E-state index is -0.164. The largest absolute Gasteiger partial charge is 0.493 e. The van der Waals surface area contributed by atoms with Gasteiger partial charge in [-0.3, -0.25) is 4.98 Å². The molecule has 7 heteroatoms. The van der Waals surface area contributed by atoms with Crippen molar-refractivity contribution in [1.82, 2.24) is 9.97 Å². The van der Waals surface area contributed by atoms with Crippen LogP contribution < -0.4 is 20.5 Å². The van der Waals surface area contributed by atoms with Gasteiger partial charge >= 0.3 is 0 Å². The van der Waals surface area contributed by atoms with Crippen LogP contribution in [0, 0.1) is 0 Å². The first kappa shape index (κ1) is 18.7. The number of nitrogens with one attached hydrogen (secondary N) is 1. The summed E-state index contributed by atoms with van der Waals surface area (Å²) < 4.78 is 11.3. The number of aliphatic hydroxyl groups excluding tert-OH is 1. The molecule has 2 aromatic rings. The van der Waals surface area contributed by atoms with Gasteiger partial charge in [0, 0.05) is 18.2 Å². The third-order valence-electron chi connectivity index (χ3n) is 4.73. The minimum absolute atomic E-state index is 0.164. The lowest BCUT2D eigenvalue weighted by molar-refractivity contribution is 0.126. The van der Waals surface area contributed by atoms with Gasteiger partial charge in [-0.25, -0.2) is 4.98 Å². The summed E-state index contributed by atoms with van der Waals surface area (Å²) >= 11 is 0. The number of aromatic nitrogens is 2. The second kappa shape index (κ2) is 9.00. The number of anilines is 1. The van der Waals surface area contributed by atoms with Crippen molar-refractivity contribution in [3.63, 3.8) is 0 Å². The molecule has 7 nitrogen and oxygen atoms in total. The highest BCUT2D eigenvalue weighted by molar-refractivity contribution is 5.80. The summed E-state index contributed by atoms with van der Waals surface area (Å²) in [6, 6.07) is 4.05. The first-order valence-corrected chi connectivity index (χ1v) is 9.32. The Balaban J connectivity index is 1.72. The first-order chi connectivity index (χ1) is 12.7. The molecule has 0 saturated heterocycles. The van der Waals surface area contributed by atoms with Crippen molar-refractivity contribution in [2.75, 3.05) is 25.6 Å². The maximum absolute atomic E-state index is 9.62. The smallest absolute Gasteiger partial charge is 0.163 e. The molecule has 1 aliphatic rings. The van der Waals surface area contributed by atoms with Crippen LogP contribution in [0.25, 0.3) is 11.0 Å². The predicted molar refractivity (Wildman–Crippen MR) is 102 cm³/mol. The number of ether oxygens (including phenoxy) is 2. The van der Waals surface area contributed by atoms with E-state index in [9.17, 15) is 5.11 Å². The van der Waals surface area contributed by atoms with Crippen molar-refractivity contribution in [1.29, 1.82) is 0 Å². The Morgan fingerprint density at radius 3 is 2.65 bits per heavy atom. The molecule has 1 aromatic heterocycles. The van der Waals surface area contributed by atoms with Crippen molar-refractivity contribution < 1.29 is 14.6 Å². The van der Waals surface area contributed by atoms with Gasteiger partial charge in [0.1, 0.15) is 5.82 Å². The molecule has 1 saturated carbocycles. The summed E-state index contributed by atoms with van der Waals surface area (Å²) in [7, 11) is 1.62. The molecular weight excluding hydrogens is 332 g/mol. The average Bonchev–Trinajstić information content (AvgIpc) is 2.66. The molecule has 1 aromatic carbocycles. The molecule has 0 bridgehead atoms. The Hall–Kier alpha value is -2.12. The molecule has 0 spiro atoms. The van der Waals surface area contributed by atoms with E-state index in [1.54, 1.807) is 13.3 Å². The molecule has 0 aliphatic heterocycles. The molecule has 1 fully saturated rings. The zero-order valence-corrected chi connectivity index (χ0v) is 15.3. The first-order valence-electron chi connectivity index (χ1n) is 9.32. The summed E-state index contributed by atoms with van der Waals surface area (Å²) in [5.41, 5.74) is 7.04. The zero-order valence-electron chi connectivity index (χ0n) is 15.3. The lowest BCUT2D eigenvalue weighted by Crippen LogP contribution is -2.28. The molecule has 0 atom stereocenters. The molecule has 26 heavy (non-hydrogen) atoms. The average molecular weight is 360 g/mol. The fourth-order valence-corrected chi connectivity index (χ4v) is 3.22. The van der Waals surface area contributed by atoms with E-state index >= 15 is 0 Å². The predicted octanol–water partition coefficient (Wildman–Crippen LogP) is 2.47. The van der Waals surface area contributed by atoms with Crippen LogP contribution in [-0.2, 0) is 0 Å². The number of hydrogen-bond donors (Lipinski definition) is 3. The van der Waals surface area contributed by atoms with E-state index in [0.717, 1.165) is 55.4 Å². The summed E-state index contributed by atoms with van der Waals surface area (Å²) in [6.45, 7) is 1.26. The maximum Gasteiger partial charge on any atom is 0.163 e. The highest BCUT2D eigenvalue weighted by atomic mass is 16.5. The van der Waals surface area contributed by atoms with Gasteiger partial charge in [-0.15, -0.1) is 0 Å². The van der Waals surface area contributed by atoms with Gasteiger partial charge in [-0.1, -0.05) is 0 Å². The number of aliphatic hydroxyl groups is 1. The molecular formula is C19H28N4O3.